The average molecular weight is 506 g/mol. The molecule has 3 fully saturated rings. The van der Waals surface area contributed by atoms with Crippen LogP contribution in [0.15, 0.2) is 5.38 Å². The minimum absolute atomic E-state index is 0. The second kappa shape index (κ2) is 9.54. The second-order valence-electron chi connectivity index (χ2n) is 9.37. The summed E-state index contributed by atoms with van der Waals surface area (Å²) in [5, 5.41) is 2.75. The summed E-state index contributed by atoms with van der Waals surface area (Å²) in [6, 6.07) is -0.908. The molecule has 180 valence electrons. The Hall–Kier alpha value is -1.27. The van der Waals surface area contributed by atoms with E-state index in [2.05, 4.69) is 16.9 Å². The fourth-order valence-electron chi connectivity index (χ4n) is 5.23. The Morgan fingerprint density at radius 3 is 2.53 bits per heavy atom. The SMILES string of the molecule is CC(C)[C@H]1C(=O)N(S(C)(=O)=O)[C@H]2CCN(C(=O)c3csc(C[NH+]4CCN(C)CC4)n3)[C@H]12.[Cl-]. The first-order valence-corrected chi connectivity index (χ1v) is 13.6. The quantitative estimate of drug-likeness (QED) is 0.440. The van der Waals surface area contributed by atoms with Crippen LogP contribution in [-0.2, 0) is 21.4 Å². The number of likely N-dealkylation sites (tertiary alicyclic amines) is 1. The number of nitrogens with one attached hydrogen (secondary N) is 1. The predicted molar refractivity (Wildman–Crippen MR) is 117 cm³/mol. The summed E-state index contributed by atoms with van der Waals surface area (Å²) in [6.07, 6.45) is 1.55. The zero-order chi connectivity index (χ0) is 22.5. The third kappa shape index (κ3) is 4.68. The van der Waals surface area contributed by atoms with Crippen LogP contribution in [0.2, 0.25) is 0 Å². The molecule has 0 spiro atoms. The van der Waals surface area contributed by atoms with Gasteiger partial charge in [0, 0.05) is 25.0 Å². The van der Waals surface area contributed by atoms with Crippen LogP contribution < -0.4 is 17.3 Å². The maximum absolute atomic E-state index is 13.3. The number of nitrogens with zero attached hydrogens (tertiary/aromatic N) is 4. The molecule has 9 nitrogen and oxygen atoms in total. The number of thiazole rings is 1. The molecule has 0 aromatic carbocycles. The van der Waals surface area contributed by atoms with Crippen LogP contribution in [0.1, 0.15) is 35.8 Å². The van der Waals surface area contributed by atoms with Gasteiger partial charge in [-0.25, -0.2) is 17.7 Å². The number of hydrogen-bond donors (Lipinski definition) is 1. The zero-order valence-corrected chi connectivity index (χ0v) is 21.3. The van der Waals surface area contributed by atoms with Crippen molar-refractivity contribution in [1.29, 1.82) is 0 Å². The molecule has 3 aliphatic heterocycles. The summed E-state index contributed by atoms with van der Waals surface area (Å²) in [7, 11) is -1.55. The van der Waals surface area contributed by atoms with Crippen LogP contribution >= 0.6 is 11.3 Å². The van der Waals surface area contributed by atoms with Crippen LogP contribution in [0.25, 0.3) is 0 Å². The van der Waals surface area contributed by atoms with E-state index in [0.717, 1.165) is 48.3 Å². The van der Waals surface area contributed by atoms with Crippen LogP contribution in [0.4, 0.5) is 0 Å². The molecule has 3 aliphatic rings. The molecule has 4 heterocycles. The highest BCUT2D eigenvalue weighted by molar-refractivity contribution is 7.88. The van der Waals surface area contributed by atoms with Crippen molar-refractivity contribution in [3.05, 3.63) is 16.1 Å². The van der Waals surface area contributed by atoms with E-state index in [0.29, 0.717) is 18.7 Å². The average Bonchev–Trinajstić information content (AvgIpc) is 3.36. The van der Waals surface area contributed by atoms with Gasteiger partial charge in [-0.1, -0.05) is 13.8 Å². The molecule has 0 saturated carbocycles. The maximum Gasteiger partial charge on any atom is 0.273 e. The Bertz CT molecular complexity index is 961. The summed E-state index contributed by atoms with van der Waals surface area (Å²) >= 11 is 1.50. The van der Waals surface area contributed by atoms with E-state index in [4.69, 9.17) is 0 Å². The van der Waals surface area contributed by atoms with Gasteiger partial charge in [0.05, 0.1) is 37.3 Å². The number of carbonyl (C=O) groups excluding carboxylic acids is 2. The fourth-order valence-corrected chi connectivity index (χ4v) is 7.24. The van der Waals surface area contributed by atoms with Crippen molar-refractivity contribution in [2.75, 3.05) is 46.0 Å². The van der Waals surface area contributed by atoms with Crippen molar-refractivity contribution >= 4 is 33.2 Å². The van der Waals surface area contributed by atoms with Gasteiger partial charge in [-0.05, 0) is 19.4 Å². The van der Waals surface area contributed by atoms with Crippen molar-refractivity contribution in [3.8, 4) is 0 Å². The number of rotatable bonds is 5. The molecule has 1 N–H and O–H groups in total. The molecular weight excluding hydrogens is 474 g/mol. The number of amides is 2. The second-order valence-corrected chi connectivity index (χ2v) is 12.2. The van der Waals surface area contributed by atoms with E-state index < -0.39 is 28.0 Å². The molecule has 0 bridgehead atoms. The lowest BCUT2D eigenvalue weighted by atomic mass is 9.88. The van der Waals surface area contributed by atoms with Crippen molar-refractivity contribution in [1.82, 2.24) is 19.1 Å². The molecule has 12 heteroatoms. The summed E-state index contributed by atoms with van der Waals surface area (Å²) in [6.45, 7) is 9.32. The number of sulfonamides is 1. The molecule has 1 aromatic rings. The van der Waals surface area contributed by atoms with Crippen molar-refractivity contribution in [3.63, 3.8) is 0 Å². The lowest BCUT2D eigenvalue weighted by molar-refractivity contribution is -0.918. The molecule has 3 atom stereocenters. The van der Waals surface area contributed by atoms with Gasteiger partial charge in [-0.15, -0.1) is 11.3 Å². The summed E-state index contributed by atoms with van der Waals surface area (Å²) < 4.78 is 25.6. The third-order valence-corrected chi connectivity index (χ3v) is 8.81. The van der Waals surface area contributed by atoms with E-state index in [1.807, 2.05) is 13.8 Å². The fraction of sp³-hybridized carbons (Fsp3) is 0.750. The smallest absolute Gasteiger partial charge is 0.273 e. The first-order chi connectivity index (χ1) is 14.6. The number of hydrogen-bond acceptors (Lipinski definition) is 7. The van der Waals surface area contributed by atoms with Gasteiger partial charge in [0.1, 0.15) is 17.2 Å². The molecule has 4 rings (SSSR count). The Balaban J connectivity index is 0.00000289. The Morgan fingerprint density at radius 2 is 1.94 bits per heavy atom. The number of halogens is 1. The highest BCUT2D eigenvalue weighted by Gasteiger charge is 2.58. The lowest BCUT2D eigenvalue weighted by Gasteiger charge is -2.29. The van der Waals surface area contributed by atoms with Gasteiger partial charge < -0.3 is 22.2 Å². The monoisotopic (exact) mass is 505 g/mol. The van der Waals surface area contributed by atoms with E-state index in [1.54, 1.807) is 10.3 Å². The topological polar surface area (TPSA) is 95.3 Å². The molecule has 0 radical (unpaired) electrons. The molecule has 0 aliphatic carbocycles. The number of aromatic nitrogens is 1. The first-order valence-electron chi connectivity index (χ1n) is 10.9. The van der Waals surface area contributed by atoms with Crippen molar-refractivity contribution in [2.45, 2.75) is 38.9 Å². The van der Waals surface area contributed by atoms with Crippen LogP contribution in [0, 0.1) is 11.8 Å². The lowest BCUT2D eigenvalue weighted by Crippen LogP contribution is -3.13. The Kier molecular flexibility index (Phi) is 7.56. The molecule has 3 saturated heterocycles. The van der Waals surface area contributed by atoms with E-state index in [9.17, 15) is 18.0 Å². The predicted octanol–water partition coefficient (Wildman–Crippen LogP) is -3.87. The van der Waals surface area contributed by atoms with Gasteiger partial charge in [0.25, 0.3) is 5.91 Å². The normalized spacial score (nSPS) is 27.2. The Labute approximate surface area is 200 Å². The largest absolute Gasteiger partial charge is 1.00 e. The number of piperazine rings is 1. The van der Waals surface area contributed by atoms with E-state index >= 15 is 0 Å². The summed E-state index contributed by atoms with van der Waals surface area (Å²) in [5.74, 6) is -1.16. The maximum atomic E-state index is 13.3. The van der Waals surface area contributed by atoms with Gasteiger partial charge >= 0.3 is 0 Å². The highest BCUT2D eigenvalue weighted by Crippen LogP contribution is 2.41. The minimum Gasteiger partial charge on any atom is -1.00 e. The van der Waals surface area contributed by atoms with Crippen molar-refractivity contribution < 1.29 is 35.3 Å². The molecule has 1 aromatic heterocycles. The van der Waals surface area contributed by atoms with Crippen molar-refractivity contribution in [2.24, 2.45) is 11.8 Å². The number of quaternary nitrogens is 1. The number of likely N-dealkylation sites (N-methyl/N-ethyl adjacent to an activating group) is 1. The van der Waals surface area contributed by atoms with Gasteiger partial charge in [-0.3, -0.25) is 14.5 Å². The van der Waals surface area contributed by atoms with Gasteiger partial charge in [-0.2, -0.15) is 0 Å². The first kappa shape index (κ1) is 25.4. The molecule has 2 amide bonds. The third-order valence-electron chi connectivity index (χ3n) is 6.79. The van der Waals surface area contributed by atoms with Crippen LogP contribution in [0.5, 0.6) is 0 Å². The number of fused-ring (bicyclic) bond motifs is 1. The molecule has 0 unspecified atom stereocenters. The van der Waals surface area contributed by atoms with Gasteiger partial charge in [0.2, 0.25) is 15.9 Å². The summed E-state index contributed by atoms with van der Waals surface area (Å²) in [5.41, 5.74) is 0.405. The van der Waals surface area contributed by atoms with Crippen LogP contribution in [0.3, 0.4) is 0 Å². The molecule has 32 heavy (non-hydrogen) atoms. The van der Waals surface area contributed by atoms with Crippen LogP contribution in [-0.4, -0.2) is 97.4 Å². The standard InChI is InChI=1S/C20H31N5O4S2.ClH/c1-13(2)17-18-15(25(20(17)27)31(4,28)29)5-6-24(18)19(26)14-12-30-16(21-14)11-23-9-7-22(3)8-10-23;/h12-13,15,17-18H,5-11H2,1-4H3;1H/t15-,17+,18-;/m0./s1. The number of carbonyl (C=O) groups is 2. The minimum atomic E-state index is -3.68. The van der Waals surface area contributed by atoms with E-state index in [-0.39, 0.29) is 30.1 Å². The highest BCUT2D eigenvalue weighted by atomic mass is 35.5. The summed E-state index contributed by atoms with van der Waals surface area (Å²) in [4.78, 5) is 36.4. The van der Waals surface area contributed by atoms with E-state index in [1.165, 1.54) is 16.2 Å². The zero-order valence-electron chi connectivity index (χ0n) is 19.0. The molecular formula is C20H32ClN5O4S2. The van der Waals surface area contributed by atoms with Gasteiger partial charge in [0.15, 0.2) is 0 Å². The Morgan fingerprint density at radius 1 is 1.28 bits per heavy atom.